The van der Waals surface area contributed by atoms with Crippen LogP contribution in [0.4, 0.5) is 0 Å². The van der Waals surface area contributed by atoms with E-state index in [1.807, 2.05) is 6.07 Å². The van der Waals surface area contributed by atoms with Gasteiger partial charge in [-0.15, -0.1) is 0 Å². The quantitative estimate of drug-likeness (QED) is 0.820. The van der Waals surface area contributed by atoms with Gasteiger partial charge in [-0.2, -0.15) is 9.99 Å². The Labute approximate surface area is 114 Å². The van der Waals surface area contributed by atoms with E-state index >= 15 is 0 Å². The van der Waals surface area contributed by atoms with Gasteiger partial charge < -0.3 is 15.1 Å². The lowest BCUT2D eigenvalue weighted by atomic mass is 10.2. The molecule has 0 amide bonds. The standard InChI is InChI=1S/C13H11N3O4/c1-8-11(13(17)18)16(19)12(15-8)9-4-2-3-5-10(9)20-7-6-14/h2-5,19H,7H2,1H3,(H,17,18). The fourth-order valence-electron chi connectivity index (χ4n) is 1.83. The Morgan fingerprint density at radius 3 is 2.80 bits per heavy atom. The summed E-state index contributed by atoms with van der Waals surface area (Å²) in [5.41, 5.74) is 0.279. The van der Waals surface area contributed by atoms with E-state index in [9.17, 15) is 10.0 Å². The van der Waals surface area contributed by atoms with Crippen LogP contribution in [0.5, 0.6) is 5.75 Å². The number of hydrogen-bond donors (Lipinski definition) is 2. The van der Waals surface area contributed by atoms with Crippen molar-refractivity contribution in [1.29, 1.82) is 5.26 Å². The number of nitrogens with zero attached hydrogens (tertiary/aromatic N) is 3. The maximum absolute atomic E-state index is 11.0. The zero-order valence-corrected chi connectivity index (χ0v) is 10.6. The van der Waals surface area contributed by atoms with Crippen LogP contribution < -0.4 is 4.74 Å². The number of benzene rings is 1. The summed E-state index contributed by atoms with van der Waals surface area (Å²) in [4.78, 5) is 15.1. The minimum absolute atomic E-state index is 0.0495. The molecule has 1 aromatic carbocycles. The number of nitriles is 1. The molecule has 7 nitrogen and oxygen atoms in total. The summed E-state index contributed by atoms with van der Waals surface area (Å²) < 4.78 is 5.74. The van der Waals surface area contributed by atoms with Crippen LogP contribution in [0.2, 0.25) is 0 Å². The first kappa shape index (κ1) is 13.4. The van der Waals surface area contributed by atoms with Gasteiger partial charge in [-0.25, -0.2) is 9.78 Å². The molecule has 0 saturated carbocycles. The first-order valence-electron chi connectivity index (χ1n) is 5.67. The zero-order chi connectivity index (χ0) is 14.7. The third kappa shape index (κ3) is 2.27. The monoisotopic (exact) mass is 273 g/mol. The number of carboxylic acids is 1. The molecule has 0 spiro atoms. The van der Waals surface area contributed by atoms with Gasteiger partial charge >= 0.3 is 5.97 Å². The van der Waals surface area contributed by atoms with E-state index in [0.717, 1.165) is 0 Å². The van der Waals surface area contributed by atoms with Gasteiger partial charge in [0.15, 0.2) is 18.1 Å². The fourth-order valence-corrected chi connectivity index (χ4v) is 1.83. The van der Waals surface area contributed by atoms with Crippen molar-refractivity contribution >= 4 is 5.97 Å². The molecule has 0 fully saturated rings. The number of aromatic nitrogens is 2. The van der Waals surface area contributed by atoms with Crippen molar-refractivity contribution in [1.82, 2.24) is 9.71 Å². The normalized spacial score (nSPS) is 10.0. The topological polar surface area (TPSA) is 108 Å². The van der Waals surface area contributed by atoms with E-state index in [1.165, 1.54) is 6.92 Å². The minimum Gasteiger partial charge on any atom is -0.478 e. The van der Waals surface area contributed by atoms with Gasteiger partial charge in [0.1, 0.15) is 11.8 Å². The van der Waals surface area contributed by atoms with Crippen molar-refractivity contribution in [2.75, 3.05) is 6.61 Å². The average molecular weight is 273 g/mol. The summed E-state index contributed by atoms with van der Waals surface area (Å²) in [6.45, 7) is 1.33. The van der Waals surface area contributed by atoms with Gasteiger partial charge in [-0.3, -0.25) is 0 Å². The fraction of sp³-hybridized carbons (Fsp3) is 0.154. The summed E-state index contributed by atoms with van der Waals surface area (Å²) in [6, 6.07) is 8.46. The highest BCUT2D eigenvalue weighted by molar-refractivity contribution is 5.88. The number of rotatable bonds is 4. The number of hydrogen-bond acceptors (Lipinski definition) is 5. The average Bonchev–Trinajstić information content (AvgIpc) is 2.72. The first-order chi connectivity index (χ1) is 9.56. The van der Waals surface area contributed by atoms with Crippen LogP contribution in [0.1, 0.15) is 16.2 Å². The molecule has 7 heteroatoms. The number of ether oxygens (including phenoxy) is 1. The Balaban J connectivity index is 2.55. The smallest absolute Gasteiger partial charge is 0.357 e. The maximum atomic E-state index is 11.0. The van der Waals surface area contributed by atoms with Crippen LogP contribution >= 0.6 is 0 Å². The molecule has 0 radical (unpaired) electrons. The Kier molecular flexibility index (Phi) is 3.57. The molecule has 2 rings (SSSR count). The number of para-hydroxylation sites is 1. The second-order valence-corrected chi connectivity index (χ2v) is 3.93. The van der Waals surface area contributed by atoms with Crippen molar-refractivity contribution < 1.29 is 19.8 Å². The van der Waals surface area contributed by atoms with Crippen LogP contribution in [0, 0.1) is 18.3 Å². The van der Waals surface area contributed by atoms with Crippen molar-refractivity contribution in [3.8, 4) is 23.2 Å². The maximum Gasteiger partial charge on any atom is 0.357 e. The molecular formula is C13H11N3O4. The van der Waals surface area contributed by atoms with E-state index < -0.39 is 5.97 Å². The molecule has 0 bridgehead atoms. The summed E-state index contributed by atoms with van der Waals surface area (Å²) in [7, 11) is 0. The van der Waals surface area contributed by atoms with Crippen LogP contribution in [0.3, 0.4) is 0 Å². The Morgan fingerprint density at radius 2 is 2.20 bits per heavy atom. The molecule has 102 valence electrons. The van der Waals surface area contributed by atoms with Gasteiger partial charge in [0.25, 0.3) is 0 Å². The predicted molar refractivity (Wildman–Crippen MR) is 67.7 cm³/mol. The summed E-state index contributed by atoms with van der Waals surface area (Å²) >= 11 is 0. The highest BCUT2D eigenvalue weighted by atomic mass is 16.5. The number of carbonyl (C=O) groups is 1. The van der Waals surface area contributed by atoms with E-state index in [1.54, 1.807) is 24.3 Å². The Bertz CT molecular complexity index is 700. The Hall–Kier alpha value is -3.01. The largest absolute Gasteiger partial charge is 0.478 e. The predicted octanol–water partition coefficient (Wildman–Crippen LogP) is 1.70. The molecule has 2 N–H and O–H groups in total. The molecule has 20 heavy (non-hydrogen) atoms. The first-order valence-corrected chi connectivity index (χ1v) is 5.67. The SMILES string of the molecule is Cc1nc(-c2ccccc2OCC#N)n(O)c1C(=O)O. The lowest BCUT2D eigenvalue weighted by Gasteiger charge is -2.08. The molecule has 0 saturated heterocycles. The van der Waals surface area contributed by atoms with Crippen LogP contribution in [-0.2, 0) is 0 Å². The Morgan fingerprint density at radius 1 is 1.50 bits per heavy atom. The second kappa shape index (κ2) is 5.32. The van der Waals surface area contributed by atoms with Gasteiger partial charge in [0.05, 0.1) is 11.3 Å². The van der Waals surface area contributed by atoms with E-state index in [-0.39, 0.29) is 23.8 Å². The summed E-state index contributed by atoms with van der Waals surface area (Å²) in [5, 5.41) is 27.5. The van der Waals surface area contributed by atoms with Crippen molar-refractivity contribution in [2.45, 2.75) is 6.92 Å². The van der Waals surface area contributed by atoms with Crippen LogP contribution in [0.25, 0.3) is 11.4 Å². The molecule has 0 aliphatic rings. The van der Waals surface area contributed by atoms with Crippen molar-refractivity contribution in [3.63, 3.8) is 0 Å². The van der Waals surface area contributed by atoms with Crippen LogP contribution in [-0.4, -0.2) is 32.6 Å². The van der Waals surface area contributed by atoms with Crippen molar-refractivity contribution in [2.24, 2.45) is 0 Å². The lowest BCUT2D eigenvalue weighted by Crippen LogP contribution is -2.08. The van der Waals surface area contributed by atoms with Gasteiger partial charge in [-0.1, -0.05) is 12.1 Å². The lowest BCUT2D eigenvalue weighted by molar-refractivity contribution is 0.0645. The van der Waals surface area contributed by atoms with Gasteiger partial charge in [0, 0.05) is 0 Å². The highest BCUT2D eigenvalue weighted by Gasteiger charge is 2.22. The van der Waals surface area contributed by atoms with E-state index in [2.05, 4.69) is 4.98 Å². The third-order valence-electron chi connectivity index (χ3n) is 2.65. The summed E-state index contributed by atoms with van der Waals surface area (Å²) in [6.07, 6.45) is 0. The van der Waals surface area contributed by atoms with E-state index in [4.69, 9.17) is 15.1 Å². The molecule has 0 unspecified atom stereocenters. The van der Waals surface area contributed by atoms with E-state index in [0.29, 0.717) is 16.0 Å². The number of aromatic carboxylic acids is 1. The number of carboxylic acid groups (broad SMARTS) is 1. The molecule has 0 aliphatic heterocycles. The zero-order valence-electron chi connectivity index (χ0n) is 10.6. The number of imidazole rings is 1. The third-order valence-corrected chi connectivity index (χ3v) is 2.65. The minimum atomic E-state index is -1.28. The van der Waals surface area contributed by atoms with Crippen molar-refractivity contribution in [3.05, 3.63) is 35.7 Å². The highest BCUT2D eigenvalue weighted by Crippen LogP contribution is 2.30. The number of aryl methyl sites for hydroxylation is 1. The van der Waals surface area contributed by atoms with Gasteiger partial charge in [0.2, 0.25) is 0 Å². The molecule has 2 aromatic rings. The molecule has 0 aliphatic carbocycles. The molecular weight excluding hydrogens is 262 g/mol. The molecule has 1 aromatic heterocycles. The van der Waals surface area contributed by atoms with Gasteiger partial charge in [-0.05, 0) is 19.1 Å². The summed E-state index contributed by atoms with van der Waals surface area (Å²) in [5.74, 6) is -0.890. The van der Waals surface area contributed by atoms with Crippen LogP contribution in [0.15, 0.2) is 24.3 Å². The molecule has 0 atom stereocenters. The second-order valence-electron chi connectivity index (χ2n) is 3.93. The molecule has 1 heterocycles.